The molecule has 2 aromatic carbocycles. The average Bonchev–Trinajstić information content (AvgIpc) is 2.73. The Kier molecular flexibility index (Phi) is 5.31. The maximum absolute atomic E-state index is 6.30. The number of nitrogen functional groups attached to an aromatic ring is 1. The Morgan fingerprint density at radius 2 is 1.89 bits per heavy atom. The SMILES string of the molecule is CNc1nc(SCc2cccc3ccccc23)nc(N2CCOCC2)c1N. The number of thioether (sulfide) groups is 1. The van der Waals surface area contributed by atoms with Gasteiger partial charge in [-0.05, 0) is 16.3 Å². The Morgan fingerprint density at radius 3 is 2.70 bits per heavy atom. The van der Waals surface area contributed by atoms with E-state index in [2.05, 4.69) is 57.7 Å². The van der Waals surface area contributed by atoms with Crippen molar-refractivity contribution in [3.05, 3.63) is 48.0 Å². The highest BCUT2D eigenvalue weighted by Gasteiger charge is 2.19. The van der Waals surface area contributed by atoms with Crippen molar-refractivity contribution in [1.82, 2.24) is 9.97 Å². The monoisotopic (exact) mass is 381 g/mol. The number of rotatable bonds is 5. The van der Waals surface area contributed by atoms with E-state index in [4.69, 9.17) is 15.5 Å². The van der Waals surface area contributed by atoms with Crippen molar-refractivity contribution in [3.8, 4) is 0 Å². The number of morpholine rings is 1. The molecule has 1 aliphatic heterocycles. The van der Waals surface area contributed by atoms with Crippen LogP contribution in [-0.4, -0.2) is 43.3 Å². The Balaban J connectivity index is 1.61. The first-order valence-corrected chi connectivity index (χ1v) is 10.0. The summed E-state index contributed by atoms with van der Waals surface area (Å²) in [5.41, 5.74) is 8.16. The molecular weight excluding hydrogens is 358 g/mol. The van der Waals surface area contributed by atoms with Gasteiger partial charge in [-0.3, -0.25) is 0 Å². The second kappa shape index (κ2) is 8.02. The van der Waals surface area contributed by atoms with Gasteiger partial charge in [0.05, 0.1) is 13.2 Å². The van der Waals surface area contributed by atoms with E-state index >= 15 is 0 Å². The fourth-order valence-electron chi connectivity index (χ4n) is 3.27. The lowest BCUT2D eigenvalue weighted by molar-refractivity contribution is 0.122. The topological polar surface area (TPSA) is 76.3 Å². The van der Waals surface area contributed by atoms with Crippen LogP contribution >= 0.6 is 11.8 Å². The zero-order valence-electron chi connectivity index (χ0n) is 15.3. The molecule has 2 heterocycles. The normalized spacial score (nSPS) is 14.5. The Labute approximate surface area is 163 Å². The van der Waals surface area contributed by atoms with E-state index in [0.29, 0.717) is 24.7 Å². The number of nitrogens with zero attached hydrogens (tertiary/aromatic N) is 3. The molecule has 0 unspecified atom stereocenters. The van der Waals surface area contributed by atoms with Crippen LogP contribution in [0.5, 0.6) is 0 Å². The van der Waals surface area contributed by atoms with Crippen LogP contribution in [0.25, 0.3) is 10.8 Å². The molecule has 7 heteroatoms. The summed E-state index contributed by atoms with van der Waals surface area (Å²) in [4.78, 5) is 11.5. The van der Waals surface area contributed by atoms with Crippen LogP contribution in [0.3, 0.4) is 0 Å². The Hall–Kier alpha value is -2.51. The first-order chi connectivity index (χ1) is 13.3. The molecule has 4 rings (SSSR count). The fraction of sp³-hybridized carbons (Fsp3) is 0.300. The number of nitrogens with one attached hydrogen (secondary N) is 1. The summed E-state index contributed by atoms with van der Waals surface area (Å²) in [7, 11) is 1.83. The van der Waals surface area contributed by atoms with Crippen LogP contribution in [0.4, 0.5) is 17.3 Å². The minimum atomic E-state index is 0.592. The number of nitrogens with two attached hydrogens (primary N) is 1. The first-order valence-electron chi connectivity index (χ1n) is 9.03. The van der Waals surface area contributed by atoms with Crippen molar-refractivity contribution in [2.24, 2.45) is 0 Å². The molecule has 0 amide bonds. The zero-order valence-corrected chi connectivity index (χ0v) is 16.1. The molecular formula is C20H23N5OS. The summed E-state index contributed by atoms with van der Waals surface area (Å²) < 4.78 is 5.45. The number of fused-ring (bicyclic) bond motifs is 1. The van der Waals surface area contributed by atoms with Gasteiger partial charge >= 0.3 is 0 Å². The van der Waals surface area contributed by atoms with Crippen molar-refractivity contribution in [3.63, 3.8) is 0 Å². The number of anilines is 3. The molecule has 1 aromatic heterocycles. The van der Waals surface area contributed by atoms with Crippen molar-refractivity contribution >= 4 is 39.9 Å². The molecule has 0 radical (unpaired) electrons. The van der Waals surface area contributed by atoms with E-state index in [0.717, 1.165) is 29.8 Å². The molecule has 140 valence electrons. The van der Waals surface area contributed by atoms with Crippen LogP contribution in [0, 0.1) is 0 Å². The molecule has 3 aromatic rings. The summed E-state index contributed by atoms with van der Waals surface area (Å²) >= 11 is 1.63. The smallest absolute Gasteiger partial charge is 0.191 e. The zero-order chi connectivity index (χ0) is 18.6. The van der Waals surface area contributed by atoms with Crippen LogP contribution in [-0.2, 0) is 10.5 Å². The third-order valence-electron chi connectivity index (χ3n) is 4.69. The lowest BCUT2D eigenvalue weighted by atomic mass is 10.1. The predicted octanol–water partition coefficient (Wildman–Crippen LogP) is 3.38. The quantitative estimate of drug-likeness (QED) is 0.518. The molecule has 0 aliphatic carbocycles. The summed E-state index contributed by atoms with van der Waals surface area (Å²) in [6.45, 7) is 2.96. The van der Waals surface area contributed by atoms with Crippen molar-refractivity contribution < 1.29 is 4.74 Å². The van der Waals surface area contributed by atoms with Crippen LogP contribution in [0.2, 0.25) is 0 Å². The third kappa shape index (κ3) is 3.79. The van der Waals surface area contributed by atoms with E-state index in [9.17, 15) is 0 Å². The minimum Gasteiger partial charge on any atom is -0.393 e. The van der Waals surface area contributed by atoms with Gasteiger partial charge in [0.1, 0.15) is 5.69 Å². The molecule has 1 aliphatic rings. The maximum Gasteiger partial charge on any atom is 0.191 e. The van der Waals surface area contributed by atoms with Crippen molar-refractivity contribution in [2.45, 2.75) is 10.9 Å². The molecule has 1 saturated heterocycles. The van der Waals surface area contributed by atoms with Crippen LogP contribution < -0.4 is 16.0 Å². The van der Waals surface area contributed by atoms with Gasteiger partial charge < -0.3 is 20.7 Å². The van der Waals surface area contributed by atoms with Gasteiger partial charge in [0, 0.05) is 25.9 Å². The summed E-state index contributed by atoms with van der Waals surface area (Å²) in [5.74, 6) is 2.27. The lowest BCUT2D eigenvalue weighted by Gasteiger charge is -2.29. The minimum absolute atomic E-state index is 0.592. The van der Waals surface area contributed by atoms with Crippen molar-refractivity contribution in [2.75, 3.05) is 49.3 Å². The number of hydrogen-bond donors (Lipinski definition) is 2. The van der Waals surface area contributed by atoms with E-state index < -0.39 is 0 Å². The highest BCUT2D eigenvalue weighted by atomic mass is 32.2. The maximum atomic E-state index is 6.30. The third-order valence-corrected chi connectivity index (χ3v) is 5.59. The number of ether oxygens (including phenoxy) is 1. The van der Waals surface area contributed by atoms with Gasteiger partial charge in [-0.1, -0.05) is 54.2 Å². The van der Waals surface area contributed by atoms with Gasteiger partial charge in [0.25, 0.3) is 0 Å². The fourth-order valence-corrected chi connectivity index (χ4v) is 4.11. The molecule has 6 nitrogen and oxygen atoms in total. The summed E-state index contributed by atoms with van der Waals surface area (Å²) in [6, 6.07) is 14.8. The number of benzene rings is 2. The molecule has 27 heavy (non-hydrogen) atoms. The molecule has 0 atom stereocenters. The number of hydrogen-bond acceptors (Lipinski definition) is 7. The van der Waals surface area contributed by atoms with Crippen LogP contribution in [0.1, 0.15) is 5.56 Å². The molecule has 3 N–H and O–H groups in total. The molecule has 0 spiro atoms. The summed E-state index contributed by atoms with van der Waals surface area (Å²) in [5, 5.41) is 6.34. The highest BCUT2D eigenvalue weighted by Crippen LogP contribution is 2.32. The number of aromatic nitrogens is 2. The van der Waals surface area contributed by atoms with E-state index in [1.165, 1.54) is 16.3 Å². The Bertz CT molecular complexity index is 938. The average molecular weight is 382 g/mol. The van der Waals surface area contributed by atoms with Gasteiger partial charge in [-0.25, -0.2) is 9.97 Å². The Morgan fingerprint density at radius 1 is 1.11 bits per heavy atom. The van der Waals surface area contributed by atoms with Crippen LogP contribution in [0.15, 0.2) is 47.6 Å². The summed E-state index contributed by atoms with van der Waals surface area (Å²) in [6.07, 6.45) is 0. The van der Waals surface area contributed by atoms with Gasteiger partial charge in [-0.2, -0.15) is 0 Å². The highest BCUT2D eigenvalue weighted by molar-refractivity contribution is 7.98. The predicted molar refractivity (Wildman–Crippen MR) is 113 cm³/mol. The molecule has 0 bridgehead atoms. The standard InChI is InChI=1S/C20H23N5OS/c1-22-18-17(21)19(25-9-11-26-12-10-25)24-20(23-18)27-13-15-7-4-6-14-5-2-3-8-16(14)15/h2-8H,9-13,21H2,1H3,(H,22,23,24). The lowest BCUT2D eigenvalue weighted by Crippen LogP contribution is -2.37. The first kappa shape index (κ1) is 17.9. The van der Waals surface area contributed by atoms with E-state index in [-0.39, 0.29) is 0 Å². The molecule has 0 saturated carbocycles. The second-order valence-electron chi connectivity index (χ2n) is 6.37. The van der Waals surface area contributed by atoms with E-state index in [1.54, 1.807) is 11.8 Å². The second-order valence-corrected chi connectivity index (χ2v) is 7.31. The van der Waals surface area contributed by atoms with Crippen molar-refractivity contribution in [1.29, 1.82) is 0 Å². The molecule has 1 fully saturated rings. The van der Waals surface area contributed by atoms with Gasteiger partial charge in [0.15, 0.2) is 16.8 Å². The van der Waals surface area contributed by atoms with Gasteiger partial charge in [-0.15, -0.1) is 0 Å². The van der Waals surface area contributed by atoms with Gasteiger partial charge in [0.2, 0.25) is 0 Å². The van der Waals surface area contributed by atoms with E-state index in [1.807, 2.05) is 7.05 Å². The largest absolute Gasteiger partial charge is 0.393 e.